The molecular formula is C18H19FO2. The van der Waals surface area contributed by atoms with Crippen LogP contribution in [0.4, 0.5) is 4.39 Å². The zero-order chi connectivity index (χ0) is 14.9. The van der Waals surface area contributed by atoms with Crippen LogP contribution in [0, 0.1) is 5.82 Å². The highest BCUT2D eigenvalue weighted by Crippen LogP contribution is 2.37. The van der Waals surface area contributed by atoms with E-state index in [1.165, 1.54) is 12.1 Å². The normalized spacial score (nSPS) is 16.7. The molecule has 3 heteroatoms. The van der Waals surface area contributed by atoms with Crippen molar-refractivity contribution in [2.24, 2.45) is 0 Å². The number of hydrogen-bond acceptors (Lipinski definition) is 2. The first kappa shape index (κ1) is 14.1. The number of ether oxygens (including phenoxy) is 1. The molecule has 0 saturated carbocycles. The van der Waals surface area contributed by atoms with Gasteiger partial charge in [0, 0.05) is 12.0 Å². The molecule has 1 unspecified atom stereocenters. The molecule has 0 aliphatic carbocycles. The molecule has 1 heterocycles. The number of halogens is 1. The second kappa shape index (κ2) is 5.49. The van der Waals surface area contributed by atoms with Gasteiger partial charge in [-0.25, -0.2) is 4.39 Å². The van der Waals surface area contributed by atoms with E-state index in [1.807, 2.05) is 24.3 Å². The molecule has 110 valence electrons. The van der Waals surface area contributed by atoms with E-state index in [0.29, 0.717) is 13.0 Å². The molecule has 0 radical (unpaired) electrons. The first-order chi connectivity index (χ1) is 10.1. The number of rotatable bonds is 3. The van der Waals surface area contributed by atoms with Gasteiger partial charge in [0.15, 0.2) is 0 Å². The lowest BCUT2D eigenvalue weighted by molar-refractivity contribution is 0.0534. The van der Waals surface area contributed by atoms with E-state index in [1.54, 1.807) is 13.0 Å². The van der Waals surface area contributed by atoms with Gasteiger partial charge in [-0.05, 0) is 43.0 Å². The fourth-order valence-electron chi connectivity index (χ4n) is 2.95. The molecule has 3 rings (SSSR count). The van der Waals surface area contributed by atoms with Crippen LogP contribution < -0.4 is 4.74 Å². The molecule has 1 N–H and O–H groups in total. The molecule has 0 spiro atoms. The number of aliphatic hydroxyl groups is 1. The third-order valence-electron chi connectivity index (χ3n) is 3.95. The summed E-state index contributed by atoms with van der Waals surface area (Å²) in [5.74, 6) is 0.514. The first-order valence-corrected chi connectivity index (χ1v) is 7.28. The van der Waals surface area contributed by atoms with Crippen molar-refractivity contribution in [2.75, 3.05) is 6.61 Å². The van der Waals surface area contributed by atoms with Crippen molar-refractivity contribution in [2.45, 2.75) is 31.8 Å². The van der Waals surface area contributed by atoms with Gasteiger partial charge in [-0.15, -0.1) is 0 Å². The summed E-state index contributed by atoms with van der Waals surface area (Å²) in [5.41, 5.74) is 1.60. The van der Waals surface area contributed by atoms with E-state index in [9.17, 15) is 9.50 Å². The summed E-state index contributed by atoms with van der Waals surface area (Å²) < 4.78 is 19.1. The SMILES string of the molecule is CC(O)(Cc1cccc(F)c1)c1cccc2c1OCCC2. The summed E-state index contributed by atoms with van der Waals surface area (Å²) in [4.78, 5) is 0. The maximum absolute atomic E-state index is 13.3. The van der Waals surface area contributed by atoms with Crippen LogP contribution in [0.1, 0.15) is 30.0 Å². The molecule has 0 aromatic heterocycles. The topological polar surface area (TPSA) is 29.5 Å². The number of benzene rings is 2. The zero-order valence-corrected chi connectivity index (χ0v) is 12.1. The highest BCUT2D eigenvalue weighted by Gasteiger charge is 2.29. The molecule has 0 amide bonds. The van der Waals surface area contributed by atoms with E-state index in [4.69, 9.17) is 4.74 Å². The molecule has 2 aromatic rings. The summed E-state index contributed by atoms with van der Waals surface area (Å²) in [6, 6.07) is 12.2. The van der Waals surface area contributed by atoms with Crippen molar-refractivity contribution < 1.29 is 14.2 Å². The predicted molar refractivity (Wildman–Crippen MR) is 79.9 cm³/mol. The highest BCUT2D eigenvalue weighted by atomic mass is 19.1. The molecule has 1 aliphatic heterocycles. The van der Waals surface area contributed by atoms with Gasteiger partial charge < -0.3 is 9.84 Å². The molecule has 2 aromatic carbocycles. The average Bonchev–Trinajstić information content (AvgIpc) is 2.46. The maximum atomic E-state index is 13.3. The molecule has 2 nitrogen and oxygen atoms in total. The predicted octanol–water partition coefficient (Wildman–Crippen LogP) is 3.60. The van der Waals surface area contributed by atoms with Crippen molar-refractivity contribution in [1.29, 1.82) is 0 Å². The van der Waals surface area contributed by atoms with Gasteiger partial charge in [0.1, 0.15) is 11.6 Å². The van der Waals surface area contributed by atoms with Gasteiger partial charge in [-0.3, -0.25) is 0 Å². The van der Waals surface area contributed by atoms with Crippen LogP contribution in [-0.2, 0) is 18.4 Å². The van der Waals surface area contributed by atoms with Gasteiger partial charge in [0.25, 0.3) is 0 Å². The van der Waals surface area contributed by atoms with Crippen molar-refractivity contribution >= 4 is 0 Å². The monoisotopic (exact) mass is 286 g/mol. The third kappa shape index (κ3) is 2.93. The van der Waals surface area contributed by atoms with Crippen LogP contribution >= 0.6 is 0 Å². The Balaban J connectivity index is 1.95. The summed E-state index contributed by atoms with van der Waals surface area (Å²) in [5, 5.41) is 10.9. The van der Waals surface area contributed by atoms with Crippen molar-refractivity contribution in [3.63, 3.8) is 0 Å². The van der Waals surface area contributed by atoms with Gasteiger partial charge in [-0.2, -0.15) is 0 Å². The minimum Gasteiger partial charge on any atom is -0.493 e. The van der Waals surface area contributed by atoms with E-state index < -0.39 is 5.60 Å². The summed E-state index contributed by atoms with van der Waals surface area (Å²) in [7, 11) is 0. The minimum absolute atomic E-state index is 0.283. The molecule has 1 aliphatic rings. The summed E-state index contributed by atoms with van der Waals surface area (Å²) in [6.07, 6.45) is 2.33. The average molecular weight is 286 g/mol. The Morgan fingerprint density at radius 3 is 2.86 bits per heavy atom. The lowest BCUT2D eigenvalue weighted by Gasteiger charge is -2.29. The lowest BCUT2D eigenvalue weighted by atomic mass is 9.86. The van der Waals surface area contributed by atoms with Gasteiger partial charge in [0.05, 0.1) is 12.2 Å². The van der Waals surface area contributed by atoms with E-state index in [0.717, 1.165) is 35.3 Å². The Morgan fingerprint density at radius 1 is 1.24 bits per heavy atom. The summed E-state index contributed by atoms with van der Waals surface area (Å²) >= 11 is 0. The van der Waals surface area contributed by atoms with Crippen LogP contribution in [0.3, 0.4) is 0 Å². The van der Waals surface area contributed by atoms with Gasteiger partial charge >= 0.3 is 0 Å². The second-order valence-electron chi connectivity index (χ2n) is 5.83. The molecule has 0 saturated heterocycles. The molecule has 1 atom stereocenters. The standard InChI is InChI=1S/C18H19FO2/c1-18(20,12-13-5-2-8-15(19)11-13)16-9-3-6-14-7-4-10-21-17(14)16/h2-3,5-6,8-9,11,20H,4,7,10,12H2,1H3. The Bertz CT molecular complexity index is 649. The third-order valence-corrected chi connectivity index (χ3v) is 3.95. The van der Waals surface area contributed by atoms with E-state index >= 15 is 0 Å². The summed E-state index contributed by atoms with van der Waals surface area (Å²) in [6.45, 7) is 2.44. The van der Waals surface area contributed by atoms with Gasteiger partial charge in [-0.1, -0.05) is 30.3 Å². The Hall–Kier alpha value is -1.87. The zero-order valence-electron chi connectivity index (χ0n) is 12.1. The van der Waals surface area contributed by atoms with Crippen molar-refractivity contribution in [3.05, 3.63) is 65.0 Å². The molecule has 0 fully saturated rings. The lowest BCUT2D eigenvalue weighted by Crippen LogP contribution is -2.26. The van der Waals surface area contributed by atoms with E-state index in [2.05, 4.69) is 0 Å². The van der Waals surface area contributed by atoms with Crippen LogP contribution in [0.5, 0.6) is 5.75 Å². The largest absolute Gasteiger partial charge is 0.493 e. The Morgan fingerprint density at radius 2 is 2.05 bits per heavy atom. The van der Waals surface area contributed by atoms with Crippen LogP contribution in [0.15, 0.2) is 42.5 Å². The number of hydrogen-bond donors (Lipinski definition) is 1. The first-order valence-electron chi connectivity index (χ1n) is 7.28. The molecular weight excluding hydrogens is 267 g/mol. The smallest absolute Gasteiger partial charge is 0.128 e. The van der Waals surface area contributed by atoms with Crippen LogP contribution in [-0.4, -0.2) is 11.7 Å². The number of fused-ring (bicyclic) bond motifs is 1. The minimum atomic E-state index is -1.09. The highest BCUT2D eigenvalue weighted by molar-refractivity contribution is 5.46. The van der Waals surface area contributed by atoms with Crippen LogP contribution in [0.25, 0.3) is 0 Å². The Kier molecular flexibility index (Phi) is 3.68. The fourth-order valence-corrected chi connectivity index (χ4v) is 2.95. The second-order valence-corrected chi connectivity index (χ2v) is 5.83. The van der Waals surface area contributed by atoms with Crippen molar-refractivity contribution in [3.8, 4) is 5.75 Å². The molecule has 0 bridgehead atoms. The van der Waals surface area contributed by atoms with Crippen LogP contribution in [0.2, 0.25) is 0 Å². The Labute approximate surface area is 124 Å². The fraction of sp³-hybridized carbons (Fsp3) is 0.333. The molecule has 21 heavy (non-hydrogen) atoms. The van der Waals surface area contributed by atoms with Crippen molar-refractivity contribution in [1.82, 2.24) is 0 Å². The number of para-hydroxylation sites is 1. The van der Waals surface area contributed by atoms with Gasteiger partial charge in [0.2, 0.25) is 0 Å². The van der Waals surface area contributed by atoms with E-state index in [-0.39, 0.29) is 5.82 Å². The quantitative estimate of drug-likeness (QED) is 0.934. The number of aryl methyl sites for hydroxylation is 1. The maximum Gasteiger partial charge on any atom is 0.128 e.